The minimum Gasteiger partial charge on any atom is -0.372 e. The van der Waals surface area contributed by atoms with E-state index in [-0.39, 0.29) is 11.2 Å². The number of para-hydroxylation sites is 1. The third-order valence-electron chi connectivity index (χ3n) is 4.51. The molecule has 0 saturated heterocycles. The number of aromatic nitrogens is 4. The van der Waals surface area contributed by atoms with E-state index in [0.29, 0.717) is 24.1 Å². The molecule has 25 heavy (non-hydrogen) atoms. The van der Waals surface area contributed by atoms with Crippen molar-refractivity contribution >= 4 is 16.9 Å². The summed E-state index contributed by atoms with van der Waals surface area (Å²) >= 11 is 0. The van der Waals surface area contributed by atoms with Gasteiger partial charge in [0.15, 0.2) is 11.2 Å². The summed E-state index contributed by atoms with van der Waals surface area (Å²) in [4.78, 5) is 31.5. The summed E-state index contributed by atoms with van der Waals surface area (Å²) in [5, 5.41) is 0. The first-order valence-corrected chi connectivity index (χ1v) is 8.45. The van der Waals surface area contributed by atoms with Crippen molar-refractivity contribution in [3.63, 3.8) is 0 Å². The van der Waals surface area contributed by atoms with Crippen LogP contribution in [0.3, 0.4) is 0 Å². The molecule has 7 heteroatoms. The molecule has 0 aliphatic rings. The molecule has 2 heterocycles. The molecule has 3 rings (SSSR count). The summed E-state index contributed by atoms with van der Waals surface area (Å²) in [5.41, 5.74) is 1.43. The van der Waals surface area contributed by atoms with E-state index in [1.165, 1.54) is 9.13 Å². The summed E-state index contributed by atoms with van der Waals surface area (Å²) in [6, 6.07) is 10.1. The van der Waals surface area contributed by atoms with Gasteiger partial charge in [0, 0.05) is 39.4 Å². The Labute approximate surface area is 145 Å². The fraction of sp³-hybridized carbons (Fsp3) is 0.389. The number of nitrogens with zero attached hydrogens (tertiary/aromatic N) is 5. The number of fused-ring (bicyclic) bond motifs is 1. The lowest BCUT2D eigenvalue weighted by Gasteiger charge is -2.23. The van der Waals surface area contributed by atoms with Gasteiger partial charge in [-0.15, -0.1) is 0 Å². The topological polar surface area (TPSA) is 65.1 Å². The maximum absolute atomic E-state index is 12.7. The molecule has 0 N–H and O–H groups in total. The van der Waals surface area contributed by atoms with Crippen LogP contribution in [0.1, 0.15) is 13.3 Å². The van der Waals surface area contributed by atoms with Crippen LogP contribution in [0.4, 0.5) is 5.69 Å². The van der Waals surface area contributed by atoms with Gasteiger partial charge < -0.3 is 9.47 Å². The van der Waals surface area contributed by atoms with Crippen LogP contribution in [0, 0.1) is 0 Å². The smallest absolute Gasteiger partial charge is 0.332 e. The Morgan fingerprint density at radius 1 is 1.12 bits per heavy atom. The van der Waals surface area contributed by atoms with Crippen molar-refractivity contribution in [3.05, 3.63) is 57.5 Å². The van der Waals surface area contributed by atoms with Crippen molar-refractivity contribution in [3.8, 4) is 0 Å². The molecule has 2 aromatic heterocycles. The Bertz CT molecular complexity index is 984. The van der Waals surface area contributed by atoms with Crippen LogP contribution < -0.4 is 16.1 Å². The molecule has 7 nitrogen and oxygen atoms in total. The Morgan fingerprint density at radius 2 is 1.84 bits per heavy atom. The Morgan fingerprint density at radius 3 is 2.52 bits per heavy atom. The second kappa shape index (κ2) is 6.96. The van der Waals surface area contributed by atoms with Gasteiger partial charge in [-0.3, -0.25) is 13.9 Å². The molecule has 0 amide bonds. The largest absolute Gasteiger partial charge is 0.372 e. The molecule has 0 aliphatic carbocycles. The second-order valence-corrected chi connectivity index (χ2v) is 6.09. The number of rotatable bonds is 6. The van der Waals surface area contributed by atoms with Gasteiger partial charge in [0.1, 0.15) is 0 Å². The fourth-order valence-electron chi connectivity index (χ4n) is 3.12. The lowest BCUT2D eigenvalue weighted by Crippen LogP contribution is -2.40. The average molecular weight is 341 g/mol. The number of aryl methyl sites for hydroxylation is 2. The summed E-state index contributed by atoms with van der Waals surface area (Å²) in [6.45, 7) is 4.13. The number of hydrogen-bond acceptors (Lipinski definition) is 4. The first kappa shape index (κ1) is 17.0. The van der Waals surface area contributed by atoms with Gasteiger partial charge in [-0.2, -0.15) is 0 Å². The highest BCUT2D eigenvalue weighted by atomic mass is 16.2. The van der Waals surface area contributed by atoms with Crippen LogP contribution in [0.15, 0.2) is 46.2 Å². The van der Waals surface area contributed by atoms with Crippen LogP contribution in [-0.2, 0) is 20.6 Å². The van der Waals surface area contributed by atoms with E-state index in [9.17, 15) is 9.59 Å². The van der Waals surface area contributed by atoms with Gasteiger partial charge in [-0.25, -0.2) is 9.78 Å². The van der Waals surface area contributed by atoms with E-state index in [2.05, 4.69) is 28.9 Å². The van der Waals surface area contributed by atoms with Crippen molar-refractivity contribution in [2.45, 2.75) is 19.9 Å². The van der Waals surface area contributed by atoms with E-state index >= 15 is 0 Å². The van der Waals surface area contributed by atoms with Gasteiger partial charge in [0.25, 0.3) is 5.56 Å². The van der Waals surface area contributed by atoms with E-state index < -0.39 is 0 Å². The quantitative estimate of drug-likeness (QED) is 0.679. The highest BCUT2D eigenvalue weighted by Crippen LogP contribution is 2.13. The van der Waals surface area contributed by atoms with Crippen LogP contribution in [0.25, 0.3) is 11.2 Å². The van der Waals surface area contributed by atoms with Crippen molar-refractivity contribution in [1.29, 1.82) is 0 Å². The van der Waals surface area contributed by atoms with Gasteiger partial charge in [0.2, 0.25) is 0 Å². The Hall–Kier alpha value is -2.83. The average Bonchev–Trinajstić information content (AvgIpc) is 3.02. The molecule has 1 aromatic carbocycles. The molecular weight excluding hydrogens is 318 g/mol. The molecule has 0 bridgehead atoms. The van der Waals surface area contributed by atoms with Crippen LogP contribution >= 0.6 is 0 Å². The summed E-state index contributed by atoms with van der Waals surface area (Å²) in [5.74, 6) is 0. The fourth-order valence-corrected chi connectivity index (χ4v) is 3.12. The van der Waals surface area contributed by atoms with Gasteiger partial charge in [0.05, 0.1) is 6.33 Å². The third kappa shape index (κ3) is 3.09. The minimum absolute atomic E-state index is 0.277. The number of hydrogen-bond donors (Lipinski definition) is 0. The van der Waals surface area contributed by atoms with Gasteiger partial charge >= 0.3 is 5.69 Å². The molecule has 3 aromatic rings. The maximum atomic E-state index is 12.7. The predicted octanol–water partition coefficient (Wildman–Crippen LogP) is 1.35. The molecule has 0 spiro atoms. The molecule has 0 unspecified atom stereocenters. The molecule has 0 saturated carbocycles. The molecule has 0 fully saturated rings. The first-order valence-electron chi connectivity index (χ1n) is 8.45. The zero-order chi connectivity index (χ0) is 18.0. The lowest BCUT2D eigenvalue weighted by atomic mass is 10.2. The Balaban J connectivity index is 1.83. The van der Waals surface area contributed by atoms with Crippen molar-refractivity contribution in [1.82, 2.24) is 18.7 Å². The Kier molecular flexibility index (Phi) is 4.74. The zero-order valence-corrected chi connectivity index (χ0v) is 14.8. The third-order valence-corrected chi connectivity index (χ3v) is 4.51. The zero-order valence-electron chi connectivity index (χ0n) is 14.8. The molecule has 132 valence electrons. The van der Waals surface area contributed by atoms with Crippen molar-refractivity contribution in [2.75, 3.05) is 18.0 Å². The normalized spacial score (nSPS) is 11.2. The first-order chi connectivity index (χ1) is 12.0. The number of imidazole rings is 1. The molecule has 0 radical (unpaired) electrons. The SMILES string of the molecule is CCN(CCCn1c(=O)c2c(ncn2C)n(C)c1=O)c1ccccc1. The van der Waals surface area contributed by atoms with E-state index in [0.717, 1.165) is 18.8 Å². The maximum Gasteiger partial charge on any atom is 0.332 e. The standard InChI is InChI=1S/C18H23N5O2/c1-4-22(14-9-6-5-7-10-14)11-8-12-23-17(24)15-16(19-13-20(15)2)21(3)18(23)25/h5-7,9-10,13H,4,8,11-12H2,1-3H3. The van der Waals surface area contributed by atoms with Crippen LogP contribution in [-0.4, -0.2) is 31.8 Å². The van der Waals surface area contributed by atoms with Crippen molar-refractivity contribution in [2.24, 2.45) is 14.1 Å². The minimum atomic E-state index is -0.320. The second-order valence-electron chi connectivity index (χ2n) is 6.09. The predicted molar refractivity (Wildman–Crippen MR) is 99.2 cm³/mol. The van der Waals surface area contributed by atoms with Crippen LogP contribution in [0.2, 0.25) is 0 Å². The highest BCUT2D eigenvalue weighted by molar-refractivity contribution is 5.69. The molecule has 0 aliphatic heterocycles. The molecular formula is C18H23N5O2. The summed E-state index contributed by atoms with van der Waals surface area (Å²) < 4.78 is 4.41. The van der Waals surface area contributed by atoms with Gasteiger partial charge in [-0.1, -0.05) is 18.2 Å². The summed E-state index contributed by atoms with van der Waals surface area (Å²) in [7, 11) is 3.41. The van der Waals surface area contributed by atoms with Crippen molar-refractivity contribution < 1.29 is 0 Å². The monoisotopic (exact) mass is 341 g/mol. The van der Waals surface area contributed by atoms with Crippen LogP contribution in [0.5, 0.6) is 0 Å². The number of anilines is 1. The molecule has 0 atom stereocenters. The van der Waals surface area contributed by atoms with E-state index in [1.807, 2.05) is 18.2 Å². The number of benzene rings is 1. The highest BCUT2D eigenvalue weighted by Gasteiger charge is 2.14. The van der Waals surface area contributed by atoms with E-state index in [1.54, 1.807) is 25.0 Å². The lowest BCUT2D eigenvalue weighted by molar-refractivity contribution is 0.566. The van der Waals surface area contributed by atoms with Gasteiger partial charge in [-0.05, 0) is 25.5 Å². The summed E-state index contributed by atoms with van der Waals surface area (Å²) in [6.07, 6.45) is 2.27. The van der Waals surface area contributed by atoms with E-state index in [4.69, 9.17) is 0 Å².